The van der Waals surface area contributed by atoms with E-state index in [2.05, 4.69) is 154 Å². The van der Waals surface area contributed by atoms with Crippen LogP contribution in [0.25, 0.3) is 0 Å². The van der Waals surface area contributed by atoms with Gasteiger partial charge in [-0.05, 0) is 114 Å². The van der Waals surface area contributed by atoms with E-state index in [0.717, 1.165) is 19.3 Å². The van der Waals surface area contributed by atoms with Crippen LogP contribution in [0.5, 0.6) is 0 Å². The maximum absolute atomic E-state index is 12.7. The molecule has 0 bridgehead atoms. The molecule has 60 heavy (non-hydrogen) atoms. The highest BCUT2D eigenvalue weighted by Crippen LogP contribution is 2.28. The van der Waals surface area contributed by atoms with Gasteiger partial charge in [-0.25, -0.2) is 0 Å². The van der Waals surface area contributed by atoms with E-state index < -0.39 is 61.1 Å². The molecule has 0 radical (unpaired) electrons. The van der Waals surface area contributed by atoms with Gasteiger partial charge in [0.25, 0.3) is 5.91 Å². The predicted octanol–water partition coefficient (Wildman–Crippen LogP) is 7.73. The van der Waals surface area contributed by atoms with Crippen molar-refractivity contribution in [3.8, 4) is 142 Å². The van der Waals surface area contributed by atoms with E-state index in [9.17, 15) is 35.4 Å². The summed E-state index contributed by atoms with van der Waals surface area (Å²) in [6, 6.07) is -1.15. The molecule has 358 valence electrons. The van der Waals surface area contributed by atoms with E-state index in [4.69, 9.17) is 4.74 Å². The number of nitrogens with one attached hydrogen (secondary N) is 1. The lowest BCUT2D eigenvalue weighted by atomic mass is 9.81. The van der Waals surface area contributed by atoms with Crippen molar-refractivity contribution in [2.24, 2.45) is 5.92 Å². The number of ether oxygens (including phenoxy) is 1. The number of rotatable bonds is 20. The quantitative estimate of drug-likeness (QED) is 0.0484. The maximum atomic E-state index is 12.7. The molecule has 0 aromatic rings. The molecule has 1 fully saturated rings. The van der Waals surface area contributed by atoms with Crippen molar-refractivity contribution in [1.82, 2.24) is 5.32 Å². The van der Waals surface area contributed by atoms with E-state index >= 15 is 0 Å². The first-order chi connectivity index (χ1) is 29.3. The number of hydrogen-bond acceptors (Lipinski definition) is 8. The first-order valence-electron chi connectivity index (χ1n) is 20.1. The summed E-state index contributed by atoms with van der Waals surface area (Å²) in [5, 5.41) is 64.9. The van der Waals surface area contributed by atoms with Crippen LogP contribution < -0.4 is 5.32 Å². The van der Waals surface area contributed by atoms with Crippen LogP contribution in [0, 0.1) is 148 Å². The standard InChI is InChI=1S/C51H53NO8.24H2/c1-3-5-7-9-11-13-15-17-18-19-20-21-22-23-24-25-26-27-29-31-33-35-37-39-47(55)52-44(42-60-46-40-43(41-53)48(56)51(59)50(46)58)49(57)45(54)38-36-34-32-30-28-16-14-12-10-8-6-4-2;;;;;;;;;;;;;;;;;;;;;;;;/h43-46,48-51,53-54,56-59H,4,6,8,10,12,14,16,28,30,32,34,36,38,40-42H2,1-2H3,(H,52,55);24*1H/t43?,44-,45+,46-,48-,49-,50?,51-;;;;;;;;;;;;;;;;;;;;;;;;/m0......................../s1. The maximum Gasteiger partial charge on any atom is 0.297 e. The van der Waals surface area contributed by atoms with E-state index in [-0.39, 0.29) is 53.7 Å². The number of carbonyl (C=O) groups excluding carboxylic acids is 1. The molecule has 0 saturated heterocycles. The molecule has 1 rings (SSSR count). The second-order valence-corrected chi connectivity index (χ2v) is 13.5. The molecule has 8 atom stereocenters. The summed E-state index contributed by atoms with van der Waals surface area (Å²) in [5.41, 5.74) is 0. The zero-order chi connectivity index (χ0) is 43.9. The van der Waals surface area contributed by atoms with Crippen molar-refractivity contribution in [1.29, 1.82) is 0 Å². The zero-order valence-corrected chi connectivity index (χ0v) is 34.4. The molecule has 9 heteroatoms. The molecule has 2 unspecified atom stereocenters. The summed E-state index contributed by atoms with van der Waals surface area (Å²) < 4.78 is 5.79. The van der Waals surface area contributed by atoms with E-state index in [1.54, 1.807) is 6.92 Å². The number of aliphatic hydroxyl groups is 6. The van der Waals surface area contributed by atoms with E-state index in [1.165, 1.54) is 51.4 Å². The topological polar surface area (TPSA) is 160 Å². The molecule has 0 spiro atoms. The normalized spacial score (nSPS) is 17.8. The Morgan fingerprint density at radius 3 is 1.42 bits per heavy atom. The van der Waals surface area contributed by atoms with Crippen LogP contribution in [0.3, 0.4) is 0 Å². The van der Waals surface area contributed by atoms with Gasteiger partial charge >= 0.3 is 0 Å². The molecular weight excluding hydrogens is 755 g/mol. The Balaban J connectivity index is -0.0000000682. The van der Waals surface area contributed by atoms with Gasteiger partial charge in [-0.2, -0.15) is 0 Å². The van der Waals surface area contributed by atoms with Gasteiger partial charge in [-0.1, -0.05) is 89.9 Å². The van der Waals surface area contributed by atoms with Gasteiger partial charge in [-0.15, -0.1) is 0 Å². The van der Waals surface area contributed by atoms with Crippen LogP contribution in [-0.2, 0) is 9.53 Å². The lowest BCUT2D eigenvalue weighted by Gasteiger charge is -2.40. The Morgan fingerprint density at radius 1 is 0.600 bits per heavy atom. The van der Waals surface area contributed by atoms with Gasteiger partial charge in [0.05, 0.1) is 31.0 Å². The Morgan fingerprint density at radius 2 is 1.00 bits per heavy atom. The molecule has 9 nitrogen and oxygen atoms in total. The largest absolute Gasteiger partial charge is 0.396 e. The second-order valence-electron chi connectivity index (χ2n) is 13.5. The second kappa shape index (κ2) is 36.0. The molecule has 1 amide bonds. The fraction of sp³-hybridized carbons (Fsp3) is 0.510. The van der Waals surface area contributed by atoms with Crippen LogP contribution in [0.15, 0.2) is 0 Å². The third-order valence-corrected chi connectivity index (χ3v) is 8.91. The SMILES string of the molecule is CC#CC#CC#CC#CC#CC#CC#CC#CC#CC#CC#CC#CC(=O)N[C@@H](CO[C@H]1CC(CO)[C@H](O)[C@H](O)C1O)[C@H](O)[C@H](O)CCCCCCCCCCCCCC.[HH].[HH].[HH].[HH].[HH].[HH].[HH].[HH].[HH].[HH].[HH].[HH].[HH].[HH].[HH].[HH].[HH].[HH].[HH].[HH].[HH].[HH].[HH].[HH]. The first kappa shape index (κ1) is 51.9. The summed E-state index contributed by atoms with van der Waals surface area (Å²) in [6.07, 6.45) is 6.07. The van der Waals surface area contributed by atoms with Crippen molar-refractivity contribution in [2.45, 2.75) is 146 Å². The summed E-state index contributed by atoms with van der Waals surface area (Å²) in [6.45, 7) is 3.09. The average molecular weight is 856 g/mol. The smallest absolute Gasteiger partial charge is 0.297 e. The number of aliphatic hydroxyl groups excluding tert-OH is 6. The van der Waals surface area contributed by atoms with Gasteiger partial charge in [0, 0.05) is 88.2 Å². The lowest BCUT2D eigenvalue weighted by molar-refractivity contribution is -0.182. The van der Waals surface area contributed by atoms with Crippen molar-refractivity contribution in [3.63, 3.8) is 0 Å². The molecule has 0 aliphatic heterocycles. The number of unbranched alkanes of at least 4 members (excludes halogenated alkanes) is 11. The Bertz CT molecular complexity index is 2210. The highest BCUT2D eigenvalue weighted by Gasteiger charge is 2.43. The predicted molar refractivity (Wildman–Crippen MR) is 282 cm³/mol. The highest BCUT2D eigenvalue weighted by molar-refractivity contribution is 5.94. The first-order valence-corrected chi connectivity index (χ1v) is 20.1. The van der Waals surface area contributed by atoms with Gasteiger partial charge < -0.3 is 40.7 Å². The van der Waals surface area contributed by atoms with E-state index in [0.29, 0.717) is 6.42 Å². The van der Waals surface area contributed by atoms with E-state index in [1.807, 2.05) is 0 Å². The lowest BCUT2D eigenvalue weighted by Crippen LogP contribution is -2.57. The molecule has 1 aliphatic carbocycles. The fourth-order valence-electron chi connectivity index (χ4n) is 5.69. The van der Waals surface area contributed by atoms with Crippen LogP contribution in [0.4, 0.5) is 0 Å². The fourth-order valence-corrected chi connectivity index (χ4v) is 5.69. The van der Waals surface area contributed by atoms with Gasteiger partial charge in [0.1, 0.15) is 18.3 Å². The molecule has 1 saturated carbocycles. The monoisotopic (exact) mass is 856 g/mol. The highest BCUT2D eigenvalue weighted by atomic mass is 16.5. The number of hydrogen-bond donors (Lipinski definition) is 7. The summed E-state index contributed by atoms with van der Waals surface area (Å²) >= 11 is 0. The summed E-state index contributed by atoms with van der Waals surface area (Å²) in [4.78, 5) is 12.7. The molecule has 1 aliphatic rings. The molecule has 0 aromatic heterocycles. The van der Waals surface area contributed by atoms with Gasteiger partial charge in [0.15, 0.2) is 0 Å². The van der Waals surface area contributed by atoms with Gasteiger partial charge in [0.2, 0.25) is 0 Å². The Hall–Kier alpha value is -6.09. The van der Waals surface area contributed by atoms with Crippen molar-refractivity contribution < 1.29 is 74.4 Å². The summed E-state index contributed by atoms with van der Waals surface area (Å²) in [7, 11) is 0. The van der Waals surface area contributed by atoms with Crippen molar-refractivity contribution in [3.05, 3.63) is 0 Å². The van der Waals surface area contributed by atoms with Crippen LogP contribution in [-0.4, -0.2) is 92.4 Å². The third kappa shape index (κ3) is 26.0. The zero-order valence-electron chi connectivity index (χ0n) is 34.4. The molecule has 0 heterocycles. The minimum Gasteiger partial charge on any atom is -0.396 e. The van der Waals surface area contributed by atoms with Crippen molar-refractivity contribution in [2.75, 3.05) is 13.2 Å². The van der Waals surface area contributed by atoms with Crippen LogP contribution in [0.2, 0.25) is 0 Å². The van der Waals surface area contributed by atoms with Crippen LogP contribution >= 0.6 is 0 Å². The Kier molecular flexibility index (Phi) is 31.2. The van der Waals surface area contributed by atoms with Gasteiger partial charge in [-0.3, -0.25) is 4.79 Å². The number of amides is 1. The third-order valence-electron chi connectivity index (χ3n) is 8.91. The average Bonchev–Trinajstić information content (AvgIpc) is 3.25. The summed E-state index contributed by atoms with van der Waals surface area (Å²) in [5.74, 6) is 57.9. The minimum absolute atomic E-state index is 0. The number of carbonyl (C=O) groups is 1. The molecule has 0 aromatic carbocycles. The Labute approximate surface area is 393 Å². The minimum atomic E-state index is -1.56. The molecular formula is C51H101NO8. The van der Waals surface area contributed by atoms with Crippen LogP contribution in [0.1, 0.15) is 138 Å². The van der Waals surface area contributed by atoms with Crippen molar-refractivity contribution >= 4 is 5.91 Å². The molecule has 7 N–H and O–H groups in total.